The number of amides is 1. The van der Waals surface area contributed by atoms with Crippen molar-refractivity contribution in [3.8, 4) is 22.1 Å². The molecule has 40 heavy (non-hydrogen) atoms. The number of hydrogen-bond donors (Lipinski definition) is 1. The van der Waals surface area contributed by atoms with Crippen LogP contribution in [0.25, 0.3) is 10.6 Å². The number of benzene rings is 2. The lowest BCUT2D eigenvalue weighted by Gasteiger charge is -2.30. The summed E-state index contributed by atoms with van der Waals surface area (Å²) in [6.07, 6.45) is 3.60. The molecule has 2 heterocycles. The number of carboxylic acids is 1. The Labute approximate surface area is 238 Å². The fourth-order valence-electron chi connectivity index (χ4n) is 5.20. The van der Waals surface area contributed by atoms with Gasteiger partial charge in [0.05, 0.1) is 18.6 Å². The third kappa shape index (κ3) is 6.45. The van der Waals surface area contributed by atoms with Crippen LogP contribution in [0.1, 0.15) is 47.2 Å². The lowest BCUT2D eigenvalue weighted by atomic mass is 9.97. The molecule has 2 aliphatic rings. The van der Waals surface area contributed by atoms with Crippen molar-refractivity contribution in [3.05, 3.63) is 53.1 Å². The first-order chi connectivity index (χ1) is 19.3. The van der Waals surface area contributed by atoms with Crippen molar-refractivity contribution in [2.75, 3.05) is 44.8 Å². The third-order valence-electron chi connectivity index (χ3n) is 7.66. The Kier molecular flexibility index (Phi) is 8.66. The quantitative estimate of drug-likeness (QED) is 0.345. The minimum Gasteiger partial charge on any atom is -0.496 e. The summed E-state index contributed by atoms with van der Waals surface area (Å²) >= 11 is 1.42. The average molecular weight is 565 g/mol. The largest absolute Gasteiger partial charge is 0.496 e. The van der Waals surface area contributed by atoms with Gasteiger partial charge in [0.25, 0.3) is 5.91 Å². The van der Waals surface area contributed by atoms with Crippen molar-refractivity contribution in [2.24, 2.45) is 11.8 Å². The van der Waals surface area contributed by atoms with Gasteiger partial charge in [-0.2, -0.15) is 0 Å². The molecule has 0 unspecified atom stereocenters. The standard InChI is InChI=1S/C30H36N4O5S/c1-19-16-23(17-20(2)26(19)39-15-14-33-12-10-22(11-13-33)29(36)37)27-31-32-30(40-27)34(18-21-8-9-21)28(35)24-6-4-5-7-25(24)38-3/h4-7,16-17,21-22H,8-15,18H2,1-3H3,(H,36,37). The summed E-state index contributed by atoms with van der Waals surface area (Å²) in [6.45, 7) is 7.55. The van der Waals surface area contributed by atoms with Crippen molar-refractivity contribution in [1.82, 2.24) is 15.1 Å². The molecular weight excluding hydrogens is 528 g/mol. The zero-order valence-electron chi connectivity index (χ0n) is 23.3. The number of ether oxygens (including phenoxy) is 2. The highest BCUT2D eigenvalue weighted by Crippen LogP contribution is 2.37. The van der Waals surface area contributed by atoms with E-state index in [0.29, 0.717) is 48.4 Å². The Morgan fingerprint density at radius 3 is 2.42 bits per heavy atom. The summed E-state index contributed by atoms with van der Waals surface area (Å²) in [4.78, 5) is 28.8. The van der Waals surface area contributed by atoms with Gasteiger partial charge < -0.3 is 14.6 Å². The van der Waals surface area contributed by atoms with Gasteiger partial charge in [-0.3, -0.25) is 19.4 Å². The molecule has 1 saturated heterocycles. The summed E-state index contributed by atoms with van der Waals surface area (Å²) in [5.74, 6) is 0.838. The van der Waals surface area contributed by atoms with Crippen LogP contribution in [0, 0.1) is 25.7 Å². The molecule has 0 bridgehead atoms. The van der Waals surface area contributed by atoms with Gasteiger partial charge in [-0.05, 0) is 93.9 Å². The SMILES string of the molecule is COc1ccccc1C(=O)N(CC1CC1)c1nnc(-c2cc(C)c(OCCN3CCC(C(=O)O)CC3)c(C)c2)s1. The number of aromatic nitrogens is 2. The Bertz CT molecular complexity index is 1340. The Morgan fingerprint density at radius 2 is 1.77 bits per heavy atom. The van der Waals surface area contributed by atoms with Gasteiger partial charge in [0.15, 0.2) is 0 Å². The van der Waals surface area contributed by atoms with Crippen LogP contribution in [0.2, 0.25) is 0 Å². The number of aliphatic carboxylic acids is 1. The highest BCUT2D eigenvalue weighted by molar-refractivity contribution is 7.18. The maximum atomic E-state index is 13.6. The zero-order valence-corrected chi connectivity index (χ0v) is 24.1. The van der Waals surface area contributed by atoms with E-state index in [4.69, 9.17) is 9.47 Å². The molecule has 0 radical (unpaired) electrons. The zero-order chi connectivity index (χ0) is 28.2. The smallest absolute Gasteiger partial charge is 0.306 e. The van der Waals surface area contributed by atoms with Crippen molar-refractivity contribution in [2.45, 2.75) is 39.5 Å². The molecule has 5 rings (SSSR count). The molecule has 1 aliphatic heterocycles. The van der Waals surface area contributed by atoms with Gasteiger partial charge in [-0.15, -0.1) is 10.2 Å². The van der Waals surface area contributed by atoms with Crippen LogP contribution in [0.5, 0.6) is 11.5 Å². The molecule has 0 atom stereocenters. The number of hydrogen-bond acceptors (Lipinski definition) is 8. The van der Waals surface area contributed by atoms with Crippen LogP contribution in [0.3, 0.4) is 0 Å². The molecule has 1 aromatic heterocycles. The van der Waals surface area contributed by atoms with E-state index in [0.717, 1.165) is 59.9 Å². The highest BCUT2D eigenvalue weighted by atomic mass is 32.1. The van der Waals surface area contributed by atoms with E-state index in [2.05, 4.69) is 27.2 Å². The van der Waals surface area contributed by atoms with Gasteiger partial charge in [0.2, 0.25) is 5.13 Å². The molecule has 1 saturated carbocycles. The van der Waals surface area contributed by atoms with Crippen LogP contribution in [0.15, 0.2) is 36.4 Å². The number of aryl methyl sites for hydroxylation is 2. The maximum Gasteiger partial charge on any atom is 0.306 e. The molecular formula is C30H36N4O5S. The van der Waals surface area contributed by atoms with Gasteiger partial charge in [0, 0.05) is 18.7 Å². The first-order valence-corrected chi connectivity index (χ1v) is 14.6. The van der Waals surface area contributed by atoms with Crippen molar-refractivity contribution in [3.63, 3.8) is 0 Å². The van der Waals surface area contributed by atoms with Crippen molar-refractivity contribution >= 4 is 28.3 Å². The molecule has 1 aliphatic carbocycles. The maximum absolute atomic E-state index is 13.6. The van der Waals surface area contributed by atoms with Crippen LogP contribution in [0.4, 0.5) is 5.13 Å². The van der Waals surface area contributed by atoms with E-state index >= 15 is 0 Å². The van der Waals surface area contributed by atoms with Crippen molar-refractivity contribution < 1.29 is 24.2 Å². The summed E-state index contributed by atoms with van der Waals surface area (Å²) < 4.78 is 11.6. The Hall–Kier alpha value is -3.50. The second kappa shape index (κ2) is 12.3. The fourth-order valence-corrected chi connectivity index (χ4v) is 6.04. The van der Waals surface area contributed by atoms with E-state index < -0.39 is 5.97 Å². The third-order valence-corrected chi connectivity index (χ3v) is 8.66. The molecule has 1 N–H and O–H groups in total. The number of likely N-dealkylation sites (tertiary alicyclic amines) is 1. The number of rotatable bonds is 11. The number of para-hydroxylation sites is 1. The minimum atomic E-state index is -0.691. The molecule has 2 aromatic carbocycles. The lowest BCUT2D eigenvalue weighted by molar-refractivity contribution is -0.143. The molecule has 10 heteroatoms. The predicted molar refractivity (Wildman–Crippen MR) is 155 cm³/mol. The topological polar surface area (TPSA) is 105 Å². The number of carboxylic acid groups (broad SMARTS) is 1. The first-order valence-electron chi connectivity index (χ1n) is 13.8. The second-order valence-corrected chi connectivity index (χ2v) is 11.6. The normalized spacial score (nSPS) is 16.1. The fraction of sp³-hybridized carbons (Fsp3) is 0.467. The van der Waals surface area contributed by atoms with E-state index in [-0.39, 0.29) is 11.8 Å². The lowest BCUT2D eigenvalue weighted by Crippen LogP contribution is -2.38. The summed E-state index contributed by atoms with van der Waals surface area (Å²) in [6, 6.07) is 11.4. The monoisotopic (exact) mass is 564 g/mol. The molecule has 2 fully saturated rings. The van der Waals surface area contributed by atoms with E-state index in [1.54, 1.807) is 24.1 Å². The summed E-state index contributed by atoms with van der Waals surface area (Å²) in [5.41, 5.74) is 3.48. The van der Waals surface area contributed by atoms with Crippen LogP contribution < -0.4 is 14.4 Å². The molecule has 0 spiro atoms. The van der Waals surface area contributed by atoms with Crippen LogP contribution >= 0.6 is 11.3 Å². The van der Waals surface area contributed by atoms with E-state index in [9.17, 15) is 14.7 Å². The van der Waals surface area contributed by atoms with Gasteiger partial charge in [0.1, 0.15) is 23.1 Å². The van der Waals surface area contributed by atoms with Crippen molar-refractivity contribution in [1.29, 1.82) is 0 Å². The number of anilines is 1. The number of carbonyl (C=O) groups is 2. The van der Waals surface area contributed by atoms with Gasteiger partial charge in [-0.1, -0.05) is 23.5 Å². The molecule has 212 valence electrons. The highest BCUT2D eigenvalue weighted by Gasteiger charge is 2.31. The van der Waals surface area contributed by atoms with Crippen LogP contribution in [-0.4, -0.2) is 72.0 Å². The number of carbonyl (C=O) groups excluding carboxylic acids is 1. The molecule has 9 nitrogen and oxygen atoms in total. The minimum absolute atomic E-state index is 0.129. The predicted octanol–water partition coefficient (Wildman–Crippen LogP) is 5.06. The summed E-state index contributed by atoms with van der Waals surface area (Å²) in [5, 5.41) is 19.4. The molecule has 3 aromatic rings. The number of piperidine rings is 1. The first kappa shape index (κ1) is 28.0. The van der Waals surface area contributed by atoms with Gasteiger partial charge >= 0.3 is 5.97 Å². The number of nitrogens with zero attached hydrogens (tertiary/aromatic N) is 4. The Balaban J connectivity index is 1.27. The number of methoxy groups -OCH3 is 1. The average Bonchev–Trinajstić information content (AvgIpc) is 3.65. The van der Waals surface area contributed by atoms with Gasteiger partial charge in [-0.25, -0.2) is 0 Å². The Morgan fingerprint density at radius 1 is 1.07 bits per heavy atom. The summed E-state index contributed by atoms with van der Waals surface area (Å²) in [7, 11) is 1.57. The second-order valence-electron chi connectivity index (χ2n) is 10.7. The molecule has 1 amide bonds. The van der Waals surface area contributed by atoms with E-state index in [1.165, 1.54) is 11.3 Å². The van der Waals surface area contributed by atoms with Crippen LogP contribution in [-0.2, 0) is 4.79 Å². The van der Waals surface area contributed by atoms with E-state index in [1.807, 2.05) is 26.0 Å².